The Balaban J connectivity index is 1.60. The molecule has 6 nitrogen and oxygen atoms in total. The number of hydrazone groups is 1. The van der Waals surface area contributed by atoms with E-state index in [1.807, 2.05) is 68.4 Å². The smallest absolute Gasteiger partial charge is 0.259 e. The first-order valence-corrected chi connectivity index (χ1v) is 8.85. The molecule has 1 heterocycles. The highest BCUT2D eigenvalue weighted by molar-refractivity contribution is 6.32. The Hall–Kier alpha value is -3.12. The van der Waals surface area contributed by atoms with Crippen molar-refractivity contribution in [2.75, 3.05) is 11.9 Å². The van der Waals surface area contributed by atoms with Crippen molar-refractivity contribution in [2.45, 2.75) is 13.8 Å². The van der Waals surface area contributed by atoms with Crippen LogP contribution in [-0.2, 0) is 4.79 Å². The fraction of sp³-hybridized carbons (Fsp3) is 0.150. The molecule has 0 radical (unpaired) electrons. The summed E-state index contributed by atoms with van der Waals surface area (Å²) in [6, 6.07) is 17.4. The number of aromatic nitrogens is 2. The first-order chi connectivity index (χ1) is 13.0. The Bertz CT molecular complexity index is 949. The molecule has 3 aromatic rings. The molecular weight excluding hydrogens is 362 g/mol. The molecule has 7 heteroatoms. The van der Waals surface area contributed by atoms with Crippen LogP contribution in [0.1, 0.15) is 16.8 Å². The lowest BCUT2D eigenvalue weighted by Crippen LogP contribution is -2.25. The third kappa shape index (κ3) is 4.74. The van der Waals surface area contributed by atoms with Gasteiger partial charge in [-0.15, -0.1) is 0 Å². The molecule has 1 aromatic heterocycles. The second kappa shape index (κ2) is 8.51. The molecule has 0 saturated carbocycles. The molecule has 3 rings (SSSR count). The number of halogens is 1. The quantitative estimate of drug-likeness (QED) is 0.505. The molecule has 138 valence electrons. The van der Waals surface area contributed by atoms with Crippen molar-refractivity contribution in [3.05, 3.63) is 76.6 Å². The summed E-state index contributed by atoms with van der Waals surface area (Å²) in [5, 5.41) is 11.9. The normalized spacial score (nSPS) is 10.9. The number of benzene rings is 2. The SMILES string of the molecule is Cc1ccc(NCC(=O)NN=Cc2c(C)nn(-c3ccccc3)c2Cl)cc1. The van der Waals surface area contributed by atoms with Gasteiger partial charge >= 0.3 is 0 Å². The predicted molar refractivity (Wildman–Crippen MR) is 109 cm³/mol. The molecule has 0 aliphatic carbocycles. The summed E-state index contributed by atoms with van der Waals surface area (Å²) in [6.07, 6.45) is 1.51. The highest BCUT2D eigenvalue weighted by atomic mass is 35.5. The zero-order chi connectivity index (χ0) is 19.2. The molecule has 0 bridgehead atoms. The average molecular weight is 382 g/mol. The summed E-state index contributed by atoms with van der Waals surface area (Å²) in [4.78, 5) is 11.9. The van der Waals surface area contributed by atoms with Gasteiger partial charge in [-0.05, 0) is 38.1 Å². The predicted octanol–water partition coefficient (Wildman–Crippen LogP) is 3.70. The van der Waals surface area contributed by atoms with Crippen LogP contribution in [0.2, 0.25) is 5.15 Å². The van der Waals surface area contributed by atoms with Crippen molar-refractivity contribution in [1.29, 1.82) is 0 Å². The van der Waals surface area contributed by atoms with Crippen molar-refractivity contribution in [3.8, 4) is 5.69 Å². The zero-order valence-corrected chi connectivity index (χ0v) is 15.9. The molecule has 0 unspecified atom stereocenters. The lowest BCUT2D eigenvalue weighted by Gasteiger charge is -2.05. The van der Waals surface area contributed by atoms with Crippen LogP contribution in [-0.4, -0.2) is 28.4 Å². The van der Waals surface area contributed by atoms with Crippen molar-refractivity contribution in [1.82, 2.24) is 15.2 Å². The maximum Gasteiger partial charge on any atom is 0.259 e. The van der Waals surface area contributed by atoms with Crippen LogP contribution < -0.4 is 10.7 Å². The second-order valence-corrected chi connectivity index (χ2v) is 6.41. The van der Waals surface area contributed by atoms with Gasteiger partial charge in [0, 0.05) is 5.69 Å². The van der Waals surface area contributed by atoms with E-state index in [1.165, 1.54) is 6.21 Å². The molecule has 27 heavy (non-hydrogen) atoms. The van der Waals surface area contributed by atoms with Gasteiger partial charge in [0.25, 0.3) is 5.91 Å². The zero-order valence-electron chi connectivity index (χ0n) is 15.1. The Morgan fingerprint density at radius 3 is 2.56 bits per heavy atom. The maximum atomic E-state index is 11.9. The summed E-state index contributed by atoms with van der Waals surface area (Å²) in [6.45, 7) is 3.97. The number of aryl methyl sites for hydroxylation is 2. The van der Waals surface area contributed by atoms with Crippen LogP contribution >= 0.6 is 11.6 Å². The number of hydrogen-bond acceptors (Lipinski definition) is 4. The maximum absolute atomic E-state index is 11.9. The third-order valence-electron chi connectivity index (χ3n) is 3.94. The minimum atomic E-state index is -0.254. The lowest BCUT2D eigenvalue weighted by molar-refractivity contribution is -0.119. The molecule has 0 fully saturated rings. The molecule has 1 amide bonds. The summed E-state index contributed by atoms with van der Waals surface area (Å²) in [5.74, 6) is -0.254. The van der Waals surface area contributed by atoms with E-state index >= 15 is 0 Å². The van der Waals surface area contributed by atoms with Crippen molar-refractivity contribution in [2.24, 2.45) is 5.10 Å². The number of carbonyl (C=O) groups is 1. The standard InChI is InChI=1S/C20H20ClN5O/c1-14-8-10-16(11-9-14)22-13-19(27)24-23-12-18-15(2)25-26(20(18)21)17-6-4-3-5-7-17/h3-12,22H,13H2,1-2H3,(H,24,27). The van der Waals surface area contributed by atoms with Gasteiger partial charge in [0.05, 0.1) is 29.7 Å². The summed E-state index contributed by atoms with van der Waals surface area (Å²) < 4.78 is 1.64. The second-order valence-electron chi connectivity index (χ2n) is 6.05. The fourth-order valence-corrected chi connectivity index (χ4v) is 2.78. The van der Waals surface area contributed by atoms with Crippen LogP contribution in [0.3, 0.4) is 0 Å². The monoisotopic (exact) mass is 381 g/mol. The van der Waals surface area contributed by atoms with Crippen LogP contribution in [0.5, 0.6) is 0 Å². The van der Waals surface area contributed by atoms with Crippen LogP contribution in [0.25, 0.3) is 5.69 Å². The number of nitrogens with zero attached hydrogens (tertiary/aromatic N) is 3. The minimum absolute atomic E-state index is 0.121. The van der Waals surface area contributed by atoms with Gasteiger partial charge in [-0.25, -0.2) is 10.1 Å². The lowest BCUT2D eigenvalue weighted by atomic mass is 10.2. The van der Waals surface area contributed by atoms with Gasteiger partial charge in [-0.3, -0.25) is 4.79 Å². The summed E-state index contributed by atoms with van der Waals surface area (Å²) in [7, 11) is 0. The third-order valence-corrected chi connectivity index (χ3v) is 4.30. The largest absolute Gasteiger partial charge is 0.376 e. The Morgan fingerprint density at radius 1 is 1.15 bits per heavy atom. The highest BCUT2D eigenvalue weighted by Crippen LogP contribution is 2.21. The number of hydrogen-bond donors (Lipinski definition) is 2. The van der Waals surface area contributed by atoms with E-state index in [0.717, 1.165) is 22.6 Å². The van der Waals surface area contributed by atoms with E-state index in [9.17, 15) is 4.79 Å². The Kier molecular flexibility index (Phi) is 5.88. The van der Waals surface area contributed by atoms with E-state index < -0.39 is 0 Å². The first kappa shape index (κ1) is 18.7. The van der Waals surface area contributed by atoms with Gasteiger partial charge in [0.1, 0.15) is 5.15 Å². The van der Waals surface area contributed by atoms with Crippen LogP contribution in [0.15, 0.2) is 59.7 Å². The Morgan fingerprint density at radius 2 is 1.85 bits per heavy atom. The summed E-state index contributed by atoms with van der Waals surface area (Å²) in [5.41, 5.74) is 6.77. The molecule has 0 atom stereocenters. The highest BCUT2D eigenvalue weighted by Gasteiger charge is 2.13. The molecule has 0 saturated heterocycles. The average Bonchev–Trinajstić information content (AvgIpc) is 2.96. The van der Waals surface area contributed by atoms with Crippen molar-refractivity contribution < 1.29 is 4.79 Å². The van der Waals surface area contributed by atoms with E-state index in [-0.39, 0.29) is 12.5 Å². The fourth-order valence-electron chi connectivity index (χ4n) is 2.46. The van der Waals surface area contributed by atoms with Gasteiger partial charge in [-0.2, -0.15) is 10.2 Å². The van der Waals surface area contributed by atoms with Gasteiger partial charge in [0.15, 0.2) is 0 Å². The van der Waals surface area contributed by atoms with Gasteiger partial charge < -0.3 is 5.32 Å². The van der Waals surface area contributed by atoms with Crippen LogP contribution in [0.4, 0.5) is 5.69 Å². The van der Waals surface area contributed by atoms with Crippen molar-refractivity contribution >= 4 is 29.4 Å². The topological polar surface area (TPSA) is 71.3 Å². The Labute approximate surface area is 162 Å². The van der Waals surface area contributed by atoms with Gasteiger partial charge in [0.2, 0.25) is 0 Å². The van der Waals surface area contributed by atoms with E-state index in [2.05, 4.69) is 20.9 Å². The molecule has 0 aliphatic heterocycles. The molecule has 2 N–H and O–H groups in total. The molecular formula is C20H20ClN5O. The first-order valence-electron chi connectivity index (χ1n) is 8.47. The van der Waals surface area contributed by atoms with E-state index in [0.29, 0.717) is 10.7 Å². The summed E-state index contributed by atoms with van der Waals surface area (Å²) >= 11 is 6.42. The van der Waals surface area contributed by atoms with E-state index in [4.69, 9.17) is 11.6 Å². The number of nitrogens with one attached hydrogen (secondary N) is 2. The number of para-hydroxylation sites is 1. The van der Waals surface area contributed by atoms with Gasteiger partial charge in [-0.1, -0.05) is 47.5 Å². The molecule has 0 spiro atoms. The van der Waals surface area contributed by atoms with Crippen LogP contribution in [0, 0.1) is 13.8 Å². The molecule has 2 aromatic carbocycles. The van der Waals surface area contributed by atoms with E-state index in [1.54, 1.807) is 4.68 Å². The number of rotatable bonds is 6. The number of anilines is 1. The number of carbonyl (C=O) groups excluding carboxylic acids is 1. The minimum Gasteiger partial charge on any atom is -0.376 e. The number of amides is 1. The van der Waals surface area contributed by atoms with Crippen molar-refractivity contribution in [3.63, 3.8) is 0 Å². The molecule has 0 aliphatic rings.